The average Bonchev–Trinajstić information content (AvgIpc) is 2.68. The highest BCUT2D eigenvalue weighted by Crippen LogP contribution is 2.40. The Bertz CT molecular complexity index is 460. The first kappa shape index (κ1) is 10.4. The van der Waals surface area contributed by atoms with Gasteiger partial charge in [-0.3, -0.25) is 4.79 Å². The van der Waals surface area contributed by atoms with Crippen molar-refractivity contribution in [3.63, 3.8) is 0 Å². The molecule has 1 atom stereocenters. The maximum Gasteiger partial charge on any atom is 0.229 e. The summed E-state index contributed by atoms with van der Waals surface area (Å²) in [5, 5.41) is 9.50. The summed E-state index contributed by atoms with van der Waals surface area (Å²) in [6.07, 6.45) is -0.423. The van der Waals surface area contributed by atoms with E-state index in [1.165, 1.54) is 0 Å². The number of benzene rings is 1. The number of β-amino-alcohol motifs (C(OH)–C–C–N with tert-alkyl or cyclic N) is 1. The number of fused-ring (bicyclic) bond motifs is 1. The van der Waals surface area contributed by atoms with Crippen LogP contribution in [0.15, 0.2) is 18.2 Å². The SMILES string of the molecule is O=C1CC(O)CN1c1cccc2c1OCCO2. The maximum absolute atomic E-state index is 11.7. The minimum Gasteiger partial charge on any atom is -0.486 e. The number of carbonyl (C=O) groups excluding carboxylic acids is 1. The lowest BCUT2D eigenvalue weighted by atomic mass is 10.2. The summed E-state index contributed by atoms with van der Waals surface area (Å²) in [5.41, 5.74) is 0.684. The zero-order chi connectivity index (χ0) is 11.8. The number of carbonyl (C=O) groups is 1. The quantitative estimate of drug-likeness (QED) is 0.772. The molecule has 0 aliphatic carbocycles. The molecule has 1 saturated heterocycles. The van der Waals surface area contributed by atoms with Crippen molar-refractivity contribution in [1.82, 2.24) is 0 Å². The van der Waals surface area contributed by atoms with E-state index in [1.54, 1.807) is 4.90 Å². The third kappa shape index (κ3) is 1.72. The second-order valence-corrected chi connectivity index (χ2v) is 4.16. The average molecular weight is 235 g/mol. The van der Waals surface area contributed by atoms with Gasteiger partial charge in [0.15, 0.2) is 11.5 Å². The molecule has 5 heteroatoms. The minimum absolute atomic E-state index is 0.0833. The van der Waals surface area contributed by atoms with Crippen molar-refractivity contribution in [3.05, 3.63) is 18.2 Å². The lowest BCUT2D eigenvalue weighted by molar-refractivity contribution is -0.117. The molecule has 1 aromatic carbocycles. The first-order chi connectivity index (χ1) is 8.25. The molecule has 3 rings (SSSR count). The van der Waals surface area contributed by atoms with Crippen LogP contribution in [0.5, 0.6) is 11.5 Å². The number of hydrogen-bond donors (Lipinski definition) is 1. The number of hydrogen-bond acceptors (Lipinski definition) is 4. The van der Waals surface area contributed by atoms with Gasteiger partial charge in [-0.2, -0.15) is 0 Å². The third-order valence-electron chi connectivity index (χ3n) is 2.94. The Morgan fingerprint density at radius 2 is 2.12 bits per heavy atom. The summed E-state index contributed by atoms with van der Waals surface area (Å²) in [6.45, 7) is 1.32. The molecule has 0 spiro atoms. The van der Waals surface area contributed by atoms with E-state index in [9.17, 15) is 9.90 Å². The van der Waals surface area contributed by atoms with Crippen LogP contribution in [0.1, 0.15) is 6.42 Å². The predicted molar refractivity (Wildman–Crippen MR) is 60.4 cm³/mol. The molecular weight excluding hydrogens is 222 g/mol. The van der Waals surface area contributed by atoms with Gasteiger partial charge < -0.3 is 19.5 Å². The van der Waals surface area contributed by atoms with Crippen molar-refractivity contribution in [2.75, 3.05) is 24.7 Å². The van der Waals surface area contributed by atoms with Crippen molar-refractivity contribution in [2.24, 2.45) is 0 Å². The molecule has 0 saturated carbocycles. The molecule has 1 amide bonds. The highest BCUT2D eigenvalue weighted by molar-refractivity contribution is 5.98. The number of aliphatic hydroxyl groups is 1. The molecule has 2 heterocycles. The zero-order valence-electron chi connectivity index (χ0n) is 9.26. The van der Waals surface area contributed by atoms with Gasteiger partial charge in [-0.1, -0.05) is 6.07 Å². The van der Waals surface area contributed by atoms with Crippen LogP contribution >= 0.6 is 0 Å². The number of aliphatic hydroxyl groups excluding tert-OH is 1. The minimum atomic E-state index is -0.595. The van der Waals surface area contributed by atoms with E-state index in [1.807, 2.05) is 18.2 Å². The third-order valence-corrected chi connectivity index (χ3v) is 2.94. The van der Waals surface area contributed by atoms with Crippen molar-refractivity contribution < 1.29 is 19.4 Å². The van der Waals surface area contributed by atoms with Crippen LogP contribution in [0.4, 0.5) is 5.69 Å². The molecule has 1 fully saturated rings. The molecule has 0 bridgehead atoms. The number of rotatable bonds is 1. The van der Waals surface area contributed by atoms with Crippen LogP contribution < -0.4 is 14.4 Å². The topological polar surface area (TPSA) is 59.0 Å². The lowest BCUT2D eigenvalue weighted by Gasteiger charge is -2.25. The molecule has 1 N–H and O–H groups in total. The van der Waals surface area contributed by atoms with Crippen LogP contribution in [-0.2, 0) is 4.79 Å². The van der Waals surface area contributed by atoms with Gasteiger partial charge in [0, 0.05) is 0 Å². The fourth-order valence-corrected chi connectivity index (χ4v) is 2.19. The molecule has 90 valence electrons. The summed E-state index contributed by atoms with van der Waals surface area (Å²) in [7, 11) is 0. The molecular formula is C12H13NO4. The fraction of sp³-hybridized carbons (Fsp3) is 0.417. The van der Waals surface area contributed by atoms with Crippen LogP contribution in [0.2, 0.25) is 0 Å². The van der Waals surface area contributed by atoms with Gasteiger partial charge in [0.05, 0.1) is 24.8 Å². The highest BCUT2D eigenvalue weighted by Gasteiger charge is 2.32. The van der Waals surface area contributed by atoms with Gasteiger partial charge in [0.1, 0.15) is 13.2 Å². The maximum atomic E-state index is 11.7. The smallest absolute Gasteiger partial charge is 0.229 e. The normalized spacial score (nSPS) is 23.0. The van der Waals surface area contributed by atoms with Crippen LogP contribution in [0, 0.1) is 0 Å². The van der Waals surface area contributed by atoms with Gasteiger partial charge in [0.25, 0.3) is 0 Å². The largest absolute Gasteiger partial charge is 0.486 e. The van der Waals surface area contributed by atoms with Crippen molar-refractivity contribution >= 4 is 11.6 Å². The first-order valence-electron chi connectivity index (χ1n) is 5.63. The first-order valence-corrected chi connectivity index (χ1v) is 5.63. The van der Waals surface area contributed by atoms with E-state index < -0.39 is 6.10 Å². The Morgan fingerprint density at radius 1 is 1.29 bits per heavy atom. The molecule has 2 aliphatic heterocycles. The van der Waals surface area contributed by atoms with E-state index in [0.29, 0.717) is 36.9 Å². The number of anilines is 1. The van der Waals surface area contributed by atoms with E-state index in [-0.39, 0.29) is 12.3 Å². The van der Waals surface area contributed by atoms with Gasteiger partial charge >= 0.3 is 0 Å². The Morgan fingerprint density at radius 3 is 2.88 bits per heavy atom. The van der Waals surface area contributed by atoms with E-state index in [2.05, 4.69) is 0 Å². The van der Waals surface area contributed by atoms with Crippen molar-refractivity contribution in [1.29, 1.82) is 0 Å². The van der Waals surface area contributed by atoms with Crippen LogP contribution in [0.25, 0.3) is 0 Å². The molecule has 0 aromatic heterocycles. The summed E-state index contributed by atoms with van der Waals surface area (Å²) in [6, 6.07) is 5.44. The number of ether oxygens (including phenoxy) is 2. The van der Waals surface area contributed by atoms with Gasteiger partial charge in [-0.25, -0.2) is 0 Å². The van der Waals surface area contributed by atoms with E-state index in [0.717, 1.165) is 0 Å². The molecule has 2 aliphatic rings. The summed E-state index contributed by atoms with van der Waals surface area (Å²) in [4.78, 5) is 13.3. The summed E-state index contributed by atoms with van der Waals surface area (Å²) < 4.78 is 11.0. The van der Waals surface area contributed by atoms with Crippen LogP contribution in [-0.4, -0.2) is 36.9 Å². The van der Waals surface area contributed by atoms with Gasteiger partial charge in [0.2, 0.25) is 5.91 Å². The monoisotopic (exact) mass is 235 g/mol. The standard InChI is InChI=1S/C12H13NO4/c14-8-6-11(15)13(7-8)9-2-1-3-10-12(9)17-5-4-16-10/h1-3,8,14H,4-7H2. The Kier molecular flexibility index (Phi) is 2.40. The predicted octanol–water partition coefficient (Wildman–Crippen LogP) is 0.555. The zero-order valence-corrected chi connectivity index (χ0v) is 9.26. The summed E-state index contributed by atoms with van der Waals surface area (Å²) >= 11 is 0. The van der Waals surface area contributed by atoms with E-state index >= 15 is 0 Å². The van der Waals surface area contributed by atoms with Gasteiger partial charge in [-0.15, -0.1) is 0 Å². The van der Waals surface area contributed by atoms with Crippen molar-refractivity contribution in [3.8, 4) is 11.5 Å². The second-order valence-electron chi connectivity index (χ2n) is 4.16. The molecule has 0 radical (unpaired) electrons. The van der Waals surface area contributed by atoms with Gasteiger partial charge in [-0.05, 0) is 12.1 Å². The number of para-hydroxylation sites is 1. The number of amides is 1. The second kappa shape index (κ2) is 3.92. The Hall–Kier alpha value is -1.75. The molecule has 1 aromatic rings. The Labute approximate surface area is 98.6 Å². The molecule has 1 unspecified atom stereocenters. The van der Waals surface area contributed by atoms with Crippen LogP contribution in [0.3, 0.4) is 0 Å². The van der Waals surface area contributed by atoms with E-state index in [4.69, 9.17) is 9.47 Å². The highest BCUT2D eigenvalue weighted by atomic mass is 16.6. The Balaban J connectivity index is 2.00. The number of nitrogens with zero attached hydrogens (tertiary/aromatic N) is 1. The molecule has 5 nitrogen and oxygen atoms in total. The fourth-order valence-electron chi connectivity index (χ4n) is 2.19. The lowest BCUT2D eigenvalue weighted by Crippen LogP contribution is -2.27. The summed E-state index contributed by atoms with van der Waals surface area (Å²) in [5.74, 6) is 1.17. The van der Waals surface area contributed by atoms with Crippen molar-refractivity contribution in [2.45, 2.75) is 12.5 Å². The molecule has 17 heavy (non-hydrogen) atoms.